The lowest BCUT2D eigenvalue weighted by Gasteiger charge is -2.39. The lowest BCUT2D eigenvalue weighted by Crippen LogP contribution is -2.59. The number of hydrogen-bond acceptors (Lipinski definition) is 7. The SMILES string of the molecule is CCCCCCC(O)CCOC1OC(CO)C(O)C(O)C1O. The first kappa shape index (κ1) is 19.8. The fraction of sp³-hybridized carbons (Fsp3) is 1.00. The highest BCUT2D eigenvalue weighted by molar-refractivity contribution is 4.88. The van der Waals surface area contributed by atoms with Crippen molar-refractivity contribution in [3.63, 3.8) is 0 Å². The Labute approximate surface area is 131 Å². The molecule has 0 aliphatic carbocycles. The van der Waals surface area contributed by atoms with Gasteiger partial charge in [0.2, 0.25) is 0 Å². The molecule has 0 aromatic heterocycles. The normalized spacial score (nSPS) is 33.8. The monoisotopic (exact) mass is 322 g/mol. The van der Waals surface area contributed by atoms with Crippen LogP contribution in [0.2, 0.25) is 0 Å². The topological polar surface area (TPSA) is 120 Å². The number of ether oxygens (including phenoxy) is 2. The number of hydrogen-bond donors (Lipinski definition) is 5. The molecule has 132 valence electrons. The van der Waals surface area contributed by atoms with Crippen LogP contribution in [-0.2, 0) is 9.47 Å². The maximum absolute atomic E-state index is 9.82. The van der Waals surface area contributed by atoms with Crippen molar-refractivity contribution in [3.05, 3.63) is 0 Å². The molecular formula is C15H30O7. The molecule has 0 saturated carbocycles. The average molecular weight is 322 g/mol. The Morgan fingerprint density at radius 2 is 1.73 bits per heavy atom. The minimum absolute atomic E-state index is 0.164. The minimum atomic E-state index is -1.44. The Bertz CT molecular complexity index is 287. The van der Waals surface area contributed by atoms with Crippen LogP contribution in [0.1, 0.15) is 45.4 Å². The standard InChI is InChI=1S/C15H30O7/c1-2-3-4-5-6-10(17)7-8-21-15-14(20)13(19)12(18)11(9-16)22-15/h10-20H,2-9H2,1H3. The van der Waals surface area contributed by atoms with Crippen molar-refractivity contribution in [2.75, 3.05) is 13.2 Å². The molecule has 1 rings (SSSR count). The van der Waals surface area contributed by atoms with E-state index in [1.54, 1.807) is 0 Å². The molecular weight excluding hydrogens is 292 g/mol. The van der Waals surface area contributed by atoms with Gasteiger partial charge in [-0.25, -0.2) is 0 Å². The van der Waals surface area contributed by atoms with E-state index in [-0.39, 0.29) is 6.61 Å². The van der Waals surface area contributed by atoms with E-state index in [9.17, 15) is 20.4 Å². The maximum atomic E-state index is 9.82. The van der Waals surface area contributed by atoms with Gasteiger partial charge in [-0.2, -0.15) is 0 Å². The molecule has 1 aliphatic rings. The zero-order chi connectivity index (χ0) is 16.5. The predicted molar refractivity (Wildman–Crippen MR) is 79.1 cm³/mol. The van der Waals surface area contributed by atoms with Crippen LogP contribution in [0.15, 0.2) is 0 Å². The second-order valence-corrected chi connectivity index (χ2v) is 5.86. The van der Waals surface area contributed by atoms with E-state index in [1.165, 1.54) is 0 Å². The highest BCUT2D eigenvalue weighted by Gasteiger charge is 2.43. The van der Waals surface area contributed by atoms with Crippen molar-refractivity contribution in [3.8, 4) is 0 Å². The van der Waals surface area contributed by atoms with Gasteiger partial charge in [-0.15, -0.1) is 0 Å². The van der Waals surface area contributed by atoms with E-state index in [4.69, 9.17) is 14.6 Å². The smallest absolute Gasteiger partial charge is 0.186 e. The van der Waals surface area contributed by atoms with Gasteiger partial charge in [0.1, 0.15) is 24.4 Å². The molecule has 22 heavy (non-hydrogen) atoms. The summed E-state index contributed by atoms with van der Waals surface area (Å²) in [6.45, 7) is 1.81. The van der Waals surface area contributed by atoms with Crippen molar-refractivity contribution in [2.45, 2.75) is 82.3 Å². The summed E-state index contributed by atoms with van der Waals surface area (Å²) in [5.74, 6) is 0. The lowest BCUT2D eigenvalue weighted by atomic mass is 9.99. The molecule has 0 radical (unpaired) electrons. The maximum Gasteiger partial charge on any atom is 0.186 e. The van der Waals surface area contributed by atoms with Crippen molar-refractivity contribution in [1.29, 1.82) is 0 Å². The van der Waals surface area contributed by atoms with Crippen molar-refractivity contribution in [1.82, 2.24) is 0 Å². The molecule has 0 aromatic carbocycles. The Morgan fingerprint density at radius 1 is 1.00 bits per heavy atom. The van der Waals surface area contributed by atoms with Crippen LogP contribution in [-0.4, -0.2) is 75.6 Å². The number of aliphatic hydroxyl groups excluding tert-OH is 5. The summed E-state index contributed by atoms with van der Waals surface area (Å²) in [5, 5.41) is 47.9. The van der Waals surface area contributed by atoms with Gasteiger partial charge < -0.3 is 35.0 Å². The van der Waals surface area contributed by atoms with E-state index in [1.807, 2.05) is 0 Å². The summed E-state index contributed by atoms with van der Waals surface area (Å²) in [6, 6.07) is 0. The second-order valence-electron chi connectivity index (χ2n) is 5.86. The molecule has 6 unspecified atom stereocenters. The summed E-state index contributed by atoms with van der Waals surface area (Å²) in [7, 11) is 0. The first-order valence-electron chi connectivity index (χ1n) is 8.11. The molecule has 0 aromatic rings. The van der Waals surface area contributed by atoms with Crippen LogP contribution in [0.3, 0.4) is 0 Å². The molecule has 0 amide bonds. The quantitative estimate of drug-likeness (QED) is 0.345. The molecule has 1 fully saturated rings. The Kier molecular flexibility index (Phi) is 9.42. The van der Waals surface area contributed by atoms with Gasteiger partial charge >= 0.3 is 0 Å². The average Bonchev–Trinajstić information content (AvgIpc) is 2.51. The van der Waals surface area contributed by atoms with Gasteiger partial charge in [-0.05, 0) is 12.8 Å². The van der Waals surface area contributed by atoms with Gasteiger partial charge in [0.05, 0.1) is 19.3 Å². The lowest BCUT2D eigenvalue weighted by molar-refractivity contribution is -0.301. The van der Waals surface area contributed by atoms with E-state index >= 15 is 0 Å². The van der Waals surface area contributed by atoms with Gasteiger partial charge in [-0.3, -0.25) is 0 Å². The molecule has 1 aliphatic heterocycles. The van der Waals surface area contributed by atoms with Crippen molar-refractivity contribution < 1.29 is 35.0 Å². The van der Waals surface area contributed by atoms with Crippen LogP contribution >= 0.6 is 0 Å². The Morgan fingerprint density at radius 3 is 2.36 bits per heavy atom. The fourth-order valence-electron chi connectivity index (χ4n) is 2.48. The third-order valence-electron chi connectivity index (χ3n) is 3.97. The zero-order valence-electron chi connectivity index (χ0n) is 13.2. The van der Waals surface area contributed by atoms with Crippen molar-refractivity contribution >= 4 is 0 Å². The Balaban J connectivity index is 2.25. The van der Waals surface area contributed by atoms with Gasteiger partial charge in [0.15, 0.2) is 6.29 Å². The van der Waals surface area contributed by atoms with Crippen LogP contribution in [0.4, 0.5) is 0 Å². The minimum Gasteiger partial charge on any atom is -0.394 e. The molecule has 7 nitrogen and oxygen atoms in total. The van der Waals surface area contributed by atoms with Crippen LogP contribution in [0.25, 0.3) is 0 Å². The van der Waals surface area contributed by atoms with E-state index in [0.717, 1.165) is 25.7 Å². The van der Waals surface area contributed by atoms with Crippen LogP contribution in [0.5, 0.6) is 0 Å². The largest absolute Gasteiger partial charge is 0.394 e. The van der Waals surface area contributed by atoms with Crippen LogP contribution < -0.4 is 0 Å². The molecule has 6 atom stereocenters. The number of rotatable bonds is 10. The molecule has 0 bridgehead atoms. The highest BCUT2D eigenvalue weighted by atomic mass is 16.7. The summed E-state index contributed by atoms with van der Waals surface area (Å²) >= 11 is 0. The number of unbranched alkanes of at least 4 members (excludes halogenated alkanes) is 3. The van der Waals surface area contributed by atoms with Gasteiger partial charge in [0, 0.05) is 0 Å². The number of aliphatic hydroxyl groups is 5. The van der Waals surface area contributed by atoms with Crippen LogP contribution in [0, 0.1) is 0 Å². The molecule has 7 heteroatoms. The first-order valence-corrected chi connectivity index (χ1v) is 8.11. The molecule has 5 N–H and O–H groups in total. The van der Waals surface area contributed by atoms with E-state index in [0.29, 0.717) is 12.8 Å². The summed E-state index contributed by atoms with van der Waals surface area (Å²) in [4.78, 5) is 0. The molecule has 1 saturated heterocycles. The van der Waals surface area contributed by atoms with E-state index in [2.05, 4.69) is 6.92 Å². The van der Waals surface area contributed by atoms with E-state index < -0.39 is 43.4 Å². The summed E-state index contributed by atoms with van der Waals surface area (Å²) < 4.78 is 10.5. The second kappa shape index (κ2) is 10.5. The zero-order valence-corrected chi connectivity index (χ0v) is 13.2. The predicted octanol–water partition coefficient (Wildman–Crippen LogP) is -0.476. The van der Waals surface area contributed by atoms with Gasteiger partial charge in [-0.1, -0.05) is 32.6 Å². The third-order valence-corrected chi connectivity index (χ3v) is 3.97. The highest BCUT2D eigenvalue weighted by Crippen LogP contribution is 2.22. The molecule has 1 heterocycles. The third kappa shape index (κ3) is 6.08. The van der Waals surface area contributed by atoms with Gasteiger partial charge in [0.25, 0.3) is 0 Å². The summed E-state index contributed by atoms with van der Waals surface area (Å²) in [6.07, 6.45) is -1.29. The summed E-state index contributed by atoms with van der Waals surface area (Å²) in [5.41, 5.74) is 0. The Hall–Kier alpha value is -0.280. The van der Waals surface area contributed by atoms with Crippen molar-refractivity contribution in [2.24, 2.45) is 0 Å². The fourth-order valence-corrected chi connectivity index (χ4v) is 2.48. The first-order chi connectivity index (χ1) is 10.5. The molecule has 0 spiro atoms.